The molecule has 0 unspecified atom stereocenters. The first kappa shape index (κ1) is 21.8. The van der Waals surface area contributed by atoms with Crippen molar-refractivity contribution in [3.05, 3.63) is 69.3 Å². The van der Waals surface area contributed by atoms with Gasteiger partial charge < -0.3 is 15.0 Å². The summed E-state index contributed by atoms with van der Waals surface area (Å²) in [6.07, 6.45) is 2.09. The quantitative estimate of drug-likeness (QED) is 0.517. The average molecular weight is 412 g/mol. The van der Waals surface area contributed by atoms with E-state index in [1.807, 2.05) is 31.2 Å². The fourth-order valence-electron chi connectivity index (χ4n) is 3.70. The zero-order chi connectivity index (χ0) is 21.5. The molecule has 0 radical (unpaired) electrons. The maximum atomic E-state index is 13.1. The molecule has 2 aromatic rings. The number of anilines is 1. The number of rotatable bonds is 8. The van der Waals surface area contributed by atoms with Crippen LogP contribution in [0.15, 0.2) is 42.5 Å². The second-order valence-electron chi connectivity index (χ2n) is 7.72. The topological polar surface area (TPSA) is 84.7 Å². The van der Waals surface area contributed by atoms with E-state index in [1.165, 1.54) is 12.1 Å². The zero-order valence-electron chi connectivity index (χ0n) is 17.6. The maximum Gasteiger partial charge on any atom is 0.270 e. The molecule has 30 heavy (non-hydrogen) atoms. The lowest BCUT2D eigenvalue weighted by molar-refractivity contribution is -0.384. The van der Waals surface area contributed by atoms with Crippen LogP contribution in [0.3, 0.4) is 0 Å². The number of nitrogens with zero attached hydrogens (tertiary/aromatic N) is 2. The Morgan fingerprint density at radius 3 is 2.57 bits per heavy atom. The molecule has 2 aromatic carbocycles. The minimum atomic E-state index is -0.462. The van der Waals surface area contributed by atoms with E-state index in [2.05, 4.69) is 17.1 Å². The van der Waals surface area contributed by atoms with Gasteiger partial charge in [0.25, 0.3) is 11.6 Å². The lowest BCUT2D eigenvalue weighted by atomic mass is 9.97. The Morgan fingerprint density at radius 2 is 1.90 bits per heavy atom. The number of amides is 1. The molecule has 7 heteroatoms. The van der Waals surface area contributed by atoms with Gasteiger partial charge in [-0.2, -0.15) is 0 Å². The fraction of sp³-hybridized carbons (Fsp3) is 0.435. The van der Waals surface area contributed by atoms with Crippen molar-refractivity contribution in [2.45, 2.75) is 39.8 Å². The molecule has 1 heterocycles. The van der Waals surface area contributed by atoms with Crippen LogP contribution < -0.4 is 10.2 Å². The predicted octanol–water partition coefficient (Wildman–Crippen LogP) is 4.30. The highest BCUT2D eigenvalue weighted by Crippen LogP contribution is 2.29. The van der Waals surface area contributed by atoms with Crippen LogP contribution in [-0.2, 0) is 17.9 Å². The molecular formula is C23H29N3O4. The van der Waals surface area contributed by atoms with Gasteiger partial charge in [0.05, 0.1) is 22.8 Å². The van der Waals surface area contributed by atoms with Crippen molar-refractivity contribution >= 4 is 17.3 Å². The highest BCUT2D eigenvalue weighted by molar-refractivity contribution is 6.00. The molecule has 1 aliphatic heterocycles. The molecule has 0 spiro atoms. The first-order chi connectivity index (χ1) is 14.5. The van der Waals surface area contributed by atoms with E-state index < -0.39 is 4.92 Å². The standard InChI is InChI=1S/C23H29N3O4/c1-3-30-16-19-7-5-4-6-18(19)15-24-23(27)21-14-20(26(28)29)8-9-22(21)25-12-10-17(2)11-13-25/h4-9,14,17H,3,10-13,15-16H2,1-2H3,(H,24,27). The van der Waals surface area contributed by atoms with Crippen LogP contribution in [0.4, 0.5) is 11.4 Å². The summed E-state index contributed by atoms with van der Waals surface area (Å²) in [6.45, 7) is 7.28. The monoisotopic (exact) mass is 411 g/mol. The molecule has 0 aromatic heterocycles. The number of non-ortho nitro benzene ring substituents is 1. The summed E-state index contributed by atoms with van der Waals surface area (Å²) in [6, 6.07) is 12.3. The van der Waals surface area contributed by atoms with Gasteiger partial charge in [0.1, 0.15) is 0 Å². The lowest BCUT2D eigenvalue weighted by Crippen LogP contribution is -2.35. The summed E-state index contributed by atoms with van der Waals surface area (Å²) in [4.78, 5) is 26.0. The fourth-order valence-corrected chi connectivity index (χ4v) is 3.70. The number of benzene rings is 2. The Bertz CT molecular complexity index is 892. The summed E-state index contributed by atoms with van der Waals surface area (Å²) >= 11 is 0. The molecule has 1 saturated heterocycles. The first-order valence-corrected chi connectivity index (χ1v) is 10.5. The number of hydrogen-bond acceptors (Lipinski definition) is 5. The Labute approximate surface area is 177 Å². The van der Waals surface area contributed by atoms with Crippen LogP contribution in [-0.4, -0.2) is 30.5 Å². The summed E-state index contributed by atoms with van der Waals surface area (Å²) in [5, 5.41) is 14.2. The Hall–Kier alpha value is -2.93. The van der Waals surface area contributed by atoms with E-state index in [0.29, 0.717) is 31.2 Å². The molecule has 3 rings (SSSR count). The molecule has 7 nitrogen and oxygen atoms in total. The van der Waals surface area contributed by atoms with Crippen molar-refractivity contribution in [3.8, 4) is 0 Å². The molecule has 0 saturated carbocycles. The predicted molar refractivity (Wildman–Crippen MR) is 117 cm³/mol. The van der Waals surface area contributed by atoms with Crippen molar-refractivity contribution in [2.75, 3.05) is 24.6 Å². The normalized spacial score (nSPS) is 14.5. The molecule has 1 N–H and O–H groups in total. The second kappa shape index (κ2) is 10.2. The molecular weight excluding hydrogens is 382 g/mol. The highest BCUT2D eigenvalue weighted by Gasteiger charge is 2.23. The van der Waals surface area contributed by atoms with Crippen molar-refractivity contribution in [1.82, 2.24) is 5.32 Å². The van der Waals surface area contributed by atoms with Gasteiger partial charge in [0.2, 0.25) is 0 Å². The number of hydrogen-bond donors (Lipinski definition) is 1. The molecule has 1 aliphatic rings. The third kappa shape index (κ3) is 5.36. The number of nitrogens with one attached hydrogen (secondary N) is 1. The van der Waals surface area contributed by atoms with Crippen LogP contribution in [0.2, 0.25) is 0 Å². The summed E-state index contributed by atoms with van der Waals surface area (Å²) in [7, 11) is 0. The lowest BCUT2D eigenvalue weighted by Gasteiger charge is -2.33. The number of carbonyl (C=O) groups excluding carboxylic acids is 1. The van der Waals surface area contributed by atoms with Gasteiger partial charge in [-0.1, -0.05) is 31.2 Å². The average Bonchev–Trinajstić information content (AvgIpc) is 2.76. The van der Waals surface area contributed by atoms with Crippen molar-refractivity contribution in [3.63, 3.8) is 0 Å². The van der Waals surface area contributed by atoms with E-state index in [-0.39, 0.29) is 11.6 Å². The van der Waals surface area contributed by atoms with Gasteiger partial charge >= 0.3 is 0 Å². The maximum absolute atomic E-state index is 13.1. The van der Waals surface area contributed by atoms with E-state index in [9.17, 15) is 14.9 Å². The van der Waals surface area contributed by atoms with E-state index in [4.69, 9.17) is 4.74 Å². The molecule has 0 bridgehead atoms. The summed E-state index contributed by atoms with van der Waals surface area (Å²) in [5.74, 6) is 0.344. The van der Waals surface area contributed by atoms with Gasteiger partial charge in [-0.05, 0) is 42.9 Å². The molecule has 160 valence electrons. The van der Waals surface area contributed by atoms with Crippen LogP contribution >= 0.6 is 0 Å². The van der Waals surface area contributed by atoms with Crippen LogP contribution in [0.25, 0.3) is 0 Å². The number of nitro groups is 1. The van der Waals surface area contributed by atoms with E-state index >= 15 is 0 Å². The zero-order valence-corrected chi connectivity index (χ0v) is 17.6. The summed E-state index contributed by atoms with van der Waals surface area (Å²) < 4.78 is 5.51. The van der Waals surface area contributed by atoms with Gasteiger partial charge in [-0.3, -0.25) is 14.9 Å². The third-order valence-corrected chi connectivity index (χ3v) is 5.58. The van der Waals surface area contributed by atoms with Gasteiger partial charge in [-0.15, -0.1) is 0 Å². The molecule has 1 fully saturated rings. The Kier molecular flexibility index (Phi) is 7.41. The largest absolute Gasteiger partial charge is 0.377 e. The van der Waals surface area contributed by atoms with Crippen LogP contribution in [0.1, 0.15) is 48.2 Å². The number of piperidine rings is 1. The van der Waals surface area contributed by atoms with Gasteiger partial charge in [0, 0.05) is 38.4 Å². The van der Waals surface area contributed by atoms with Crippen molar-refractivity contribution in [2.24, 2.45) is 5.92 Å². The van der Waals surface area contributed by atoms with Gasteiger partial charge in [0.15, 0.2) is 0 Å². The highest BCUT2D eigenvalue weighted by atomic mass is 16.6. The first-order valence-electron chi connectivity index (χ1n) is 10.5. The van der Waals surface area contributed by atoms with E-state index in [1.54, 1.807) is 6.07 Å². The van der Waals surface area contributed by atoms with Crippen molar-refractivity contribution < 1.29 is 14.5 Å². The Morgan fingerprint density at radius 1 is 1.20 bits per heavy atom. The number of ether oxygens (including phenoxy) is 1. The SMILES string of the molecule is CCOCc1ccccc1CNC(=O)c1cc([N+](=O)[O-])ccc1N1CCC(C)CC1. The van der Waals surface area contributed by atoms with E-state index in [0.717, 1.165) is 42.7 Å². The minimum absolute atomic E-state index is 0.0778. The van der Waals surface area contributed by atoms with Crippen LogP contribution in [0, 0.1) is 16.0 Å². The van der Waals surface area contributed by atoms with Gasteiger partial charge in [-0.25, -0.2) is 0 Å². The Balaban J connectivity index is 1.80. The third-order valence-electron chi connectivity index (χ3n) is 5.58. The smallest absolute Gasteiger partial charge is 0.270 e. The number of carbonyl (C=O) groups is 1. The molecule has 0 atom stereocenters. The second-order valence-corrected chi connectivity index (χ2v) is 7.72. The van der Waals surface area contributed by atoms with Crippen molar-refractivity contribution in [1.29, 1.82) is 0 Å². The van der Waals surface area contributed by atoms with Crippen LogP contribution in [0.5, 0.6) is 0 Å². The minimum Gasteiger partial charge on any atom is -0.377 e. The molecule has 0 aliphatic carbocycles. The number of nitro benzene ring substituents is 1. The summed E-state index contributed by atoms with van der Waals surface area (Å²) in [5.41, 5.74) is 3.02. The molecule has 1 amide bonds.